The monoisotopic (exact) mass is 824 g/mol. The van der Waals surface area contributed by atoms with Crippen molar-refractivity contribution in [2.75, 3.05) is 12.5 Å². The van der Waals surface area contributed by atoms with Crippen molar-refractivity contribution >= 4 is 108 Å². The standard InChI is InChI=1S/C17H13ClI4O4/c1-8(17(23)24)9-4-11(19)16(12(20)5-9)26-10-6-13(21)15(14(22)7-10)25-3-2-18/h4-8H,2-3H2,1H3,(H,23,24). The minimum absolute atomic E-state index is 0.432. The van der Waals surface area contributed by atoms with E-state index in [1.165, 1.54) is 0 Å². The molecule has 0 radical (unpaired) electrons. The fraction of sp³-hybridized carbons (Fsp3) is 0.235. The molecular formula is C17H13ClI4O4. The molecule has 0 aromatic heterocycles. The van der Waals surface area contributed by atoms with Gasteiger partial charge in [-0.2, -0.15) is 0 Å². The van der Waals surface area contributed by atoms with Crippen LogP contribution in [0.3, 0.4) is 0 Å². The van der Waals surface area contributed by atoms with Crippen molar-refractivity contribution < 1.29 is 19.4 Å². The van der Waals surface area contributed by atoms with Gasteiger partial charge in [-0.3, -0.25) is 4.79 Å². The molecule has 140 valence electrons. The largest absolute Gasteiger partial charge is 0.490 e. The van der Waals surface area contributed by atoms with Gasteiger partial charge in [-0.25, -0.2) is 0 Å². The zero-order valence-electron chi connectivity index (χ0n) is 13.4. The van der Waals surface area contributed by atoms with E-state index in [1.807, 2.05) is 24.3 Å². The second-order valence-electron chi connectivity index (χ2n) is 5.23. The second kappa shape index (κ2) is 10.5. The molecule has 0 saturated heterocycles. The van der Waals surface area contributed by atoms with Gasteiger partial charge in [-0.05, 0) is 127 Å². The zero-order valence-corrected chi connectivity index (χ0v) is 22.7. The number of carboxylic acid groups (broad SMARTS) is 1. The normalized spacial score (nSPS) is 11.9. The summed E-state index contributed by atoms with van der Waals surface area (Å²) < 4.78 is 15.4. The SMILES string of the molecule is CC(C(=O)O)c1cc(I)c(Oc2cc(I)c(OCCCl)c(I)c2)c(I)c1. The topological polar surface area (TPSA) is 55.8 Å². The van der Waals surface area contributed by atoms with Gasteiger partial charge < -0.3 is 14.6 Å². The second-order valence-corrected chi connectivity index (χ2v) is 10.3. The summed E-state index contributed by atoms with van der Waals surface area (Å²) in [6.07, 6.45) is 0. The molecule has 0 aliphatic carbocycles. The van der Waals surface area contributed by atoms with E-state index < -0.39 is 11.9 Å². The molecule has 0 spiro atoms. The Labute approximate surface area is 211 Å². The predicted octanol–water partition coefficient (Wildman–Crippen LogP) is 6.70. The maximum absolute atomic E-state index is 11.2. The number of hydrogen-bond donors (Lipinski definition) is 1. The molecule has 0 aliphatic rings. The summed E-state index contributed by atoms with van der Waals surface area (Å²) in [4.78, 5) is 11.2. The molecule has 0 aliphatic heterocycles. The summed E-state index contributed by atoms with van der Waals surface area (Å²) in [5.74, 6) is 1.24. The molecule has 1 atom stereocenters. The lowest BCUT2D eigenvalue weighted by Gasteiger charge is -2.16. The molecule has 4 nitrogen and oxygen atoms in total. The molecule has 2 rings (SSSR count). The highest BCUT2D eigenvalue weighted by Gasteiger charge is 2.19. The van der Waals surface area contributed by atoms with Crippen LogP contribution in [0.2, 0.25) is 0 Å². The van der Waals surface area contributed by atoms with Gasteiger partial charge in [0.2, 0.25) is 0 Å². The van der Waals surface area contributed by atoms with Crippen LogP contribution < -0.4 is 9.47 Å². The third-order valence-corrected chi connectivity index (χ3v) is 6.77. The fourth-order valence-corrected chi connectivity index (χ4v) is 6.20. The Bertz CT molecular complexity index is 782. The van der Waals surface area contributed by atoms with Gasteiger partial charge in [0, 0.05) is 0 Å². The summed E-state index contributed by atoms with van der Waals surface area (Å²) in [6, 6.07) is 7.52. The van der Waals surface area contributed by atoms with E-state index in [-0.39, 0.29) is 0 Å². The van der Waals surface area contributed by atoms with Gasteiger partial charge in [-0.1, -0.05) is 0 Å². The number of rotatable bonds is 7. The summed E-state index contributed by atoms with van der Waals surface area (Å²) in [5.41, 5.74) is 0.757. The van der Waals surface area contributed by atoms with Gasteiger partial charge in [0.1, 0.15) is 18.1 Å². The van der Waals surface area contributed by atoms with Crippen molar-refractivity contribution in [3.8, 4) is 17.2 Å². The van der Waals surface area contributed by atoms with Gasteiger partial charge >= 0.3 is 5.97 Å². The molecule has 0 heterocycles. The molecular weight excluding hydrogens is 811 g/mol. The maximum atomic E-state index is 11.2. The lowest BCUT2D eigenvalue weighted by Crippen LogP contribution is -2.08. The quantitative estimate of drug-likeness (QED) is 0.250. The predicted molar refractivity (Wildman–Crippen MR) is 136 cm³/mol. The van der Waals surface area contributed by atoms with Crippen LogP contribution in [0.5, 0.6) is 17.2 Å². The van der Waals surface area contributed by atoms with E-state index >= 15 is 0 Å². The van der Waals surface area contributed by atoms with Gasteiger partial charge in [-0.15, -0.1) is 11.6 Å². The Balaban J connectivity index is 2.32. The lowest BCUT2D eigenvalue weighted by molar-refractivity contribution is -0.138. The highest BCUT2D eigenvalue weighted by Crippen LogP contribution is 2.38. The Morgan fingerprint density at radius 1 is 1.04 bits per heavy atom. The number of benzene rings is 2. The van der Waals surface area contributed by atoms with Gasteiger partial charge in [0.25, 0.3) is 0 Å². The van der Waals surface area contributed by atoms with E-state index in [0.29, 0.717) is 24.0 Å². The lowest BCUT2D eigenvalue weighted by atomic mass is 10.0. The first-order valence-corrected chi connectivity index (χ1v) is 12.2. The van der Waals surface area contributed by atoms with E-state index in [0.717, 1.165) is 25.6 Å². The first-order chi connectivity index (χ1) is 12.2. The summed E-state index contributed by atoms with van der Waals surface area (Å²) >= 11 is 14.5. The molecule has 2 aromatic rings. The molecule has 9 heteroatoms. The Morgan fingerprint density at radius 2 is 1.54 bits per heavy atom. The molecule has 1 N–H and O–H groups in total. The Kier molecular flexibility index (Phi) is 9.28. The van der Waals surface area contributed by atoms with Crippen molar-refractivity contribution in [1.29, 1.82) is 0 Å². The summed E-state index contributed by atoms with van der Waals surface area (Å²) in [5, 5.41) is 9.21. The maximum Gasteiger partial charge on any atom is 0.310 e. The number of carbonyl (C=O) groups is 1. The summed E-state index contributed by atoms with van der Waals surface area (Å²) in [6.45, 7) is 2.13. The molecule has 0 fully saturated rings. The van der Waals surface area contributed by atoms with Crippen molar-refractivity contribution in [1.82, 2.24) is 0 Å². The Hall–Kier alpha value is 0.720. The van der Waals surface area contributed by atoms with Crippen molar-refractivity contribution in [2.45, 2.75) is 12.8 Å². The van der Waals surface area contributed by atoms with Crippen molar-refractivity contribution in [3.05, 3.63) is 44.1 Å². The molecule has 0 saturated carbocycles. The third kappa shape index (κ3) is 5.86. The molecule has 0 amide bonds. The number of halogens is 5. The van der Waals surface area contributed by atoms with Crippen LogP contribution in [0, 0.1) is 14.3 Å². The fourth-order valence-electron chi connectivity index (χ4n) is 2.06. The van der Waals surface area contributed by atoms with Crippen LogP contribution in [0.15, 0.2) is 24.3 Å². The molecule has 1 unspecified atom stereocenters. The highest BCUT2D eigenvalue weighted by molar-refractivity contribution is 14.1. The van der Waals surface area contributed by atoms with Crippen LogP contribution in [-0.2, 0) is 4.79 Å². The Morgan fingerprint density at radius 3 is 2.00 bits per heavy atom. The minimum Gasteiger partial charge on any atom is -0.490 e. The van der Waals surface area contributed by atoms with E-state index in [9.17, 15) is 9.90 Å². The highest BCUT2D eigenvalue weighted by atomic mass is 127. The first kappa shape index (κ1) is 23.0. The smallest absolute Gasteiger partial charge is 0.310 e. The number of alkyl halides is 1. The molecule has 26 heavy (non-hydrogen) atoms. The van der Waals surface area contributed by atoms with E-state index in [4.69, 9.17) is 21.1 Å². The van der Waals surface area contributed by atoms with Crippen molar-refractivity contribution in [2.24, 2.45) is 0 Å². The minimum atomic E-state index is -0.845. The number of carboxylic acids is 1. The van der Waals surface area contributed by atoms with Crippen LogP contribution in [0.1, 0.15) is 18.4 Å². The van der Waals surface area contributed by atoms with E-state index in [1.54, 1.807) is 6.92 Å². The zero-order chi connectivity index (χ0) is 19.4. The van der Waals surface area contributed by atoms with Crippen LogP contribution in [0.25, 0.3) is 0 Å². The van der Waals surface area contributed by atoms with Crippen molar-refractivity contribution in [3.63, 3.8) is 0 Å². The number of ether oxygens (including phenoxy) is 2. The number of aliphatic carboxylic acids is 1. The number of hydrogen-bond acceptors (Lipinski definition) is 3. The van der Waals surface area contributed by atoms with Gasteiger partial charge in [0.15, 0.2) is 5.75 Å². The van der Waals surface area contributed by atoms with Crippen LogP contribution in [-0.4, -0.2) is 23.6 Å². The van der Waals surface area contributed by atoms with E-state index in [2.05, 4.69) is 90.4 Å². The van der Waals surface area contributed by atoms with Crippen LogP contribution in [0.4, 0.5) is 0 Å². The van der Waals surface area contributed by atoms with Crippen LogP contribution >= 0.6 is 102 Å². The first-order valence-electron chi connectivity index (χ1n) is 7.32. The average Bonchev–Trinajstić information content (AvgIpc) is 2.56. The molecule has 0 bridgehead atoms. The van der Waals surface area contributed by atoms with Gasteiger partial charge in [0.05, 0.1) is 26.1 Å². The summed E-state index contributed by atoms with van der Waals surface area (Å²) in [7, 11) is 0. The molecule has 2 aromatic carbocycles. The average molecular weight is 824 g/mol. The third-order valence-electron chi connectivity index (χ3n) is 3.41.